The Hall–Kier alpha value is -2.21. The van der Waals surface area contributed by atoms with Gasteiger partial charge in [-0.15, -0.1) is 0 Å². The van der Waals surface area contributed by atoms with Gasteiger partial charge < -0.3 is 5.11 Å². The fourth-order valence-corrected chi connectivity index (χ4v) is 3.56. The molecule has 1 unspecified atom stereocenters. The molecule has 24 heavy (non-hydrogen) atoms. The van der Waals surface area contributed by atoms with Crippen molar-refractivity contribution in [1.82, 2.24) is 4.72 Å². The number of aryl methyl sites for hydroxylation is 1. The number of hydrogen-bond donors (Lipinski definition) is 2. The lowest BCUT2D eigenvalue weighted by molar-refractivity contribution is 0.182. The molecule has 0 spiro atoms. The Kier molecular flexibility index (Phi) is 4.66. The molecule has 3 aromatic rings. The zero-order valence-corrected chi connectivity index (χ0v) is 14.1. The molecule has 0 bridgehead atoms. The third-order valence-corrected chi connectivity index (χ3v) is 5.40. The maximum atomic E-state index is 12.3. The molecule has 0 saturated carbocycles. The van der Waals surface area contributed by atoms with Crippen LogP contribution in [0.15, 0.2) is 71.6 Å². The lowest BCUT2D eigenvalue weighted by Gasteiger charge is -2.13. The van der Waals surface area contributed by atoms with Crippen LogP contribution in [0.25, 0.3) is 10.8 Å². The van der Waals surface area contributed by atoms with E-state index in [0.29, 0.717) is 5.56 Å². The zero-order chi connectivity index (χ0) is 17.2. The zero-order valence-electron chi connectivity index (χ0n) is 13.3. The Morgan fingerprint density at radius 1 is 0.958 bits per heavy atom. The topological polar surface area (TPSA) is 66.4 Å². The van der Waals surface area contributed by atoms with E-state index in [-0.39, 0.29) is 11.4 Å². The first-order valence-electron chi connectivity index (χ1n) is 7.69. The fraction of sp³-hybridized carbons (Fsp3) is 0.158. The SMILES string of the molecule is Cc1ccc(S(=O)(=O)NCC(O)c2ccc3ccccc3c2)cc1. The minimum atomic E-state index is -3.63. The molecule has 4 nitrogen and oxygen atoms in total. The van der Waals surface area contributed by atoms with Gasteiger partial charge in [-0.1, -0.05) is 54.1 Å². The Balaban J connectivity index is 1.74. The molecule has 1 atom stereocenters. The minimum absolute atomic E-state index is 0.0749. The normalized spacial score (nSPS) is 13.1. The highest BCUT2D eigenvalue weighted by atomic mass is 32.2. The largest absolute Gasteiger partial charge is 0.387 e. The summed E-state index contributed by atoms with van der Waals surface area (Å²) in [4.78, 5) is 0.193. The van der Waals surface area contributed by atoms with Gasteiger partial charge in [0, 0.05) is 6.54 Å². The van der Waals surface area contributed by atoms with E-state index in [4.69, 9.17) is 0 Å². The molecule has 0 radical (unpaired) electrons. The molecule has 0 aliphatic heterocycles. The van der Waals surface area contributed by atoms with Gasteiger partial charge in [0.15, 0.2) is 0 Å². The third kappa shape index (κ3) is 3.64. The second-order valence-corrected chi connectivity index (χ2v) is 7.55. The Labute approximate surface area is 141 Å². The Morgan fingerprint density at radius 3 is 2.33 bits per heavy atom. The molecular formula is C19H19NO3S. The van der Waals surface area contributed by atoms with Crippen LogP contribution in [-0.4, -0.2) is 20.1 Å². The summed E-state index contributed by atoms with van der Waals surface area (Å²) in [5.41, 5.74) is 1.67. The molecule has 0 amide bonds. The van der Waals surface area contributed by atoms with Crippen LogP contribution in [0.4, 0.5) is 0 Å². The van der Waals surface area contributed by atoms with E-state index in [9.17, 15) is 13.5 Å². The van der Waals surface area contributed by atoms with Gasteiger partial charge in [-0.2, -0.15) is 0 Å². The number of nitrogens with one attached hydrogen (secondary N) is 1. The van der Waals surface area contributed by atoms with Crippen molar-refractivity contribution in [1.29, 1.82) is 0 Å². The average Bonchev–Trinajstić information content (AvgIpc) is 2.59. The van der Waals surface area contributed by atoms with E-state index in [2.05, 4.69) is 4.72 Å². The molecule has 3 aromatic carbocycles. The summed E-state index contributed by atoms with van der Waals surface area (Å²) in [7, 11) is -3.63. The smallest absolute Gasteiger partial charge is 0.240 e. The highest BCUT2D eigenvalue weighted by molar-refractivity contribution is 7.89. The molecule has 0 saturated heterocycles. The van der Waals surface area contributed by atoms with E-state index >= 15 is 0 Å². The second-order valence-electron chi connectivity index (χ2n) is 5.79. The molecule has 2 N–H and O–H groups in total. The summed E-state index contributed by atoms with van der Waals surface area (Å²) in [6, 6.07) is 20.0. The maximum absolute atomic E-state index is 12.3. The standard InChI is InChI=1S/C19H19NO3S/c1-14-6-10-18(11-7-14)24(22,23)20-13-19(21)17-9-8-15-4-2-3-5-16(15)12-17/h2-12,19-21H,13H2,1H3. The first-order chi connectivity index (χ1) is 11.5. The predicted octanol–water partition coefficient (Wildman–Crippen LogP) is 3.16. The molecule has 0 aromatic heterocycles. The van der Waals surface area contributed by atoms with Crippen molar-refractivity contribution >= 4 is 20.8 Å². The van der Waals surface area contributed by atoms with Crippen molar-refractivity contribution in [3.05, 3.63) is 77.9 Å². The summed E-state index contributed by atoms with van der Waals surface area (Å²) in [6.07, 6.45) is -0.908. The van der Waals surface area contributed by atoms with Gasteiger partial charge in [-0.25, -0.2) is 13.1 Å². The van der Waals surface area contributed by atoms with Crippen molar-refractivity contribution in [3.63, 3.8) is 0 Å². The van der Waals surface area contributed by atoms with Gasteiger partial charge in [0.05, 0.1) is 11.0 Å². The maximum Gasteiger partial charge on any atom is 0.240 e. The van der Waals surface area contributed by atoms with Crippen LogP contribution in [0.1, 0.15) is 17.2 Å². The molecular weight excluding hydrogens is 322 g/mol. The number of fused-ring (bicyclic) bond motifs is 1. The van der Waals surface area contributed by atoms with Crippen LogP contribution < -0.4 is 4.72 Å². The van der Waals surface area contributed by atoms with E-state index in [1.54, 1.807) is 24.3 Å². The number of aliphatic hydroxyl groups is 1. The quantitative estimate of drug-likeness (QED) is 0.749. The highest BCUT2D eigenvalue weighted by Gasteiger charge is 2.16. The molecule has 5 heteroatoms. The molecule has 0 fully saturated rings. The first kappa shape index (κ1) is 16.6. The number of hydrogen-bond acceptors (Lipinski definition) is 3. The molecule has 0 heterocycles. The third-order valence-electron chi connectivity index (χ3n) is 3.96. The Bertz CT molecular complexity index is 950. The van der Waals surface area contributed by atoms with Gasteiger partial charge in [-0.05, 0) is 41.5 Å². The second kappa shape index (κ2) is 6.73. The Morgan fingerprint density at radius 2 is 1.62 bits per heavy atom. The fourth-order valence-electron chi connectivity index (χ4n) is 2.52. The van der Waals surface area contributed by atoms with Crippen molar-refractivity contribution in [2.75, 3.05) is 6.54 Å². The monoisotopic (exact) mass is 341 g/mol. The van der Waals surface area contributed by atoms with E-state index in [0.717, 1.165) is 16.3 Å². The summed E-state index contributed by atoms with van der Waals surface area (Å²) in [6.45, 7) is 1.82. The van der Waals surface area contributed by atoms with Crippen molar-refractivity contribution in [3.8, 4) is 0 Å². The minimum Gasteiger partial charge on any atom is -0.387 e. The van der Waals surface area contributed by atoms with Crippen molar-refractivity contribution < 1.29 is 13.5 Å². The van der Waals surface area contributed by atoms with Crippen LogP contribution >= 0.6 is 0 Å². The van der Waals surface area contributed by atoms with E-state index in [1.165, 1.54) is 0 Å². The number of aliphatic hydroxyl groups excluding tert-OH is 1. The van der Waals surface area contributed by atoms with Gasteiger partial charge in [0.2, 0.25) is 10.0 Å². The number of rotatable bonds is 5. The molecule has 0 aliphatic rings. The van der Waals surface area contributed by atoms with Crippen LogP contribution in [0.3, 0.4) is 0 Å². The van der Waals surface area contributed by atoms with Crippen molar-refractivity contribution in [2.24, 2.45) is 0 Å². The first-order valence-corrected chi connectivity index (χ1v) is 9.17. The average molecular weight is 341 g/mol. The molecule has 3 rings (SSSR count). The van der Waals surface area contributed by atoms with Gasteiger partial charge >= 0.3 is 0 Å². The van der Waals surface area contributed by atoms with Crippen LogP contribution in [0, 0.1) is 6.92 Å². The predicted molar refractivity (Wildman–Crippen MR) is 95.3 cm³/mol. The van der Waals surface area contributed by atoms with Gasteiger partial charge in [-0.3, -0.25) is 0 Å². The van der Waals surface area contributed by atoms with E-state index in [1.807, 2.05) is 49.4 Å². The number of benzene rings is 3. The number of sulfonamides is 1. The van der Waals surface area contributed by atoms with Crippen LogP contribution in [-0.2, 0) is 10.0 Å². The van der Waals surface area contributed by atoms with Crippen LogP contribution in [0.2, 0.25) is 0 Å². The van der Waals surface area contributed by atoms with Gasteiger partial charge in [0.1, 0.15) is 0 Å². The summed E-state index contributed by atoms with van der Waals surface area (Å²) < 4.78 is 27.0. The highest BCUT2D eigenvalue weighted by Crippen LogP contribution is 2.20. The summed E-state index contributed by atoms with van der Waals surface area (Å²) in [5, 5.41) is 12.4. The summed E-state index contributed by atoms with van der Waals surface area (Å²) in [5.74, 6) is 0. The molecule has 124 valence electrons. The van der Waals surface area contributed by atoms with E-state index < -0.39 is 16.1 Å². The lowest BCUT2D eigenvalue weighted by atomic mass is 10.0. The van der Waals surface area contributed by atoms with Crippen molar-refractivity contribution in [2.45, 2.75) is 17.9 Å². The van der Waals surface area contributed by atoms with Gasteiger partial charge in [0.25, 0.3) is 0 Å². The van der Waals surface area contributed by atoms with Crippen LogP contribution in [0.5, 0.6) is 0 Å². The molecule has 0 aliphatic carbocycles. The lowest BCUT2D eigenvalue weighted by Crippen LogP contribution is -2.28. The summed E-state index contributed by atoms with van der Waals surface area (Å²) >= 11 is 0.